The monoisotopic (exact) mass is 515 g/mol. The van der Waals surface area contributed by atoms with Gasteiger partial charge in [0, 0.05) is 23.0 Å². The molecule has 1 aliphatic rings. The van der Waals surface area contributed by atoms with Gasteiger partial charge in [-0.25, -0.2) is 0 Å². The summed E-state index contributed by atoms with van der Waals surface area (Å²) in [5, 5.41) is 0. The lowest BCUT2D eigenvalue weighted by molar-refractivity contribution is -0.124. The van der Waals surface area contributed by atoms with Crippen LogP contribution in [-0.2, 0) is 9.59 Å². The van der Waals surface area contributed by atoms with Gasteiger partial charge < -0.3 is 0 Å². The molecule has 0 spiro atoms. The van der Waals surface area contributed by atoms with Crippen molar-refractivity contribution in [1.29, 1.82) is 0 Å². The van der Waals surface area contributed by atoms with Crippen molar-refractivity contribution in [1.82, 2.24) is 15.8 Å². The van der Waals surface area contributed by atoms with Crippen LogP contribution in [-0.4, -0.2) is 33.5 Å². The number of rotatable bonds is 6. The van der Waals surface area contributed by atoms with E-state index in [-0.39, 0.29) is 18.9 Å². The van der Waals surface area contributed by atoms with E-state index in [9.17, 15) is 14.4 Å². The molecule has 6 nitrogen and oxygen atoms in total. The fraction of sp³-hybridized carbons (Fsp3) is 0.0909. The number of halogens is 1. The first-order valence-corrected chi connectivity index (χ1v) is 11.3. The lowest BCUT2D eigenvalue weighted by Crippen LogP contribution is -2.43. The Morgan fingerprint density at radius 3 is 2.48 bits per heavy atom. The Hall–Kier alpha value is -2.75. The van der Waals surface area contributed by atoms with Crippen LogP contribution in [0.5, 0.6) is 0 Å². The third kappa shape index (κ3) is 6.61. The van der Waals surface area contributed by atoms with Crippen molar-refractivity contribution in [3.05, 3.63) is 87.3 Å². The molecule has 2 N–H and O–H groups in total. The standard InChI is InChI=1S/C22H18BrN3O3S2/c23-17-11-9-16(10-12-17)20(28)25-24-19(27)13-14-26-21(29)18(31-22(26)30)8-4-7-15-5-2-1-3-6-15/h1-12H,13-14H2,(H,24,27)(H,25,28)/b7-4+,18-8-. The van der Waals surface area contributed by atoms with Gasteiger partial charge in [0.1, 0.15) is 4.32 Å². The number of carbonyl (C=O) groups is 3. The third-order valence-corrected chi connectivity index (χ3v) is 6.12. The minimum absolute atomic E-state index is 0.000191. The average Bonchev–Trinajstić information content (AvgIpc) is 3.04. The molecule has 0 radical (unpaired) electrons. The quantitative estimate of drug-likeness (QED) is 0.344. The minimum Gasteiger partial charge on any atom is -0.292 e. The van der Waals surface area contributed by atoms with E-state index in [1.807, 2.05) is 36.4 Å². The second-order valence-electron chi connectivity index (χ2n) is 6.38. The van der Waals surface area contributed by atoms with Crippen molar-refractivity contribution in [2.75, 3.05) is 6.54 Å². The Morgan fingerprint density at radius 1 is 1.06 bits per heavy atom. The first kappa shape index (κ1) is 22.9. The van der Waals surface area contributed by atoms with E-state index >= 15 is 0 Å². The molecule has 9 heteroatoms. The van der Waals surface area contributed by atoms with Crippen LogP contribution in [0.3, 0.4) is 0 Å². The Morgan fingerprint density at radius 2 is 1.77 bits per heavy atom. The third-order valence-electron chi connectivity index (χ3n) is 4.19. The predicted molar refractivity (Wildman–Crippen MR) is 130 cm³/mol. The zero-order valence-electron chi connectivity index (χ0n) is 16.2. The minimum atomic E-state index is -0.431. The van der Waals surface area contributed by atoms with Crippen LogP contribution in [0.25, 0.3) is 6.08 Å². The number of allylic oxidation sites excluding steroid dienone is 2. The highest BCUT2D eigenvalue weighted by atomic mass is 79.9. The number of nitrogens with one attached hydrogen (secondary N) is 2. The van der Waals surface area contributed by atoms with Crippen molar-refractivity contribution < 1.29 is 14.4 Å². The maximum atomic E-state index is 12.6. The van der Waals surface area contributed by atoms with Crippen LogP contribution in [0, 0.1) is 0 Å². The van der Waals surface area contributed by atoms with E-state index in [0.717, 1.165) is 10.0 Å². The molecule has 0 aliphatic carbocycles. The van der Waals surface area contributed by atoms with E-state index in [2.05, 4.69) is 26.8 Å². The largest absolute Gasteiger partial charge is 0.292 e. The highest BCUT2D eigenvalue weighted by Gasteiger charge is 2.31. The molecule has 158 valence electrons. The molecular formula is C22H18BrN3O3S2. The van der Waals surface area contributed by atoms with Gasteiger partial charge in [0.05, 0.1) is 4.91 Å². The molecule has 31 heavy (non-hydrogen) atoms. The fourth-order valence-electron chi connectivity index (χ4n) is 2.59. The van der Waals surface area contributed by atoms with Crippen molar-refractivity contribution >= 4 is 68.0 Å². The maximum absolute atomic E-state index is 12.6. The molecule has 1 fully saturated rings. The molecule has 2 aromatic rings. The van der Waals surface area contributed by atoms with Crippen LogP contribution in [0.4, 0.5) is 0 Å². The number of amides is 3. The molecule has 2 aromatic carbocycles. The average molecular weight is 516 g/mol. The number of hydrazine groups is 1. The molecule has 0 bridgehead atoms. The van der Waals surface area contributed by atoms with Crippen molar-refractivity contribution in [3.8, 4) is 0 Å². The van der Waals surface area contributed by atoms with E-state index in [1.54, 1.807) is 36.4 Å². The Kier molecular flexibility index (Phi) is 8.16. The van der Waals surface area contributed by atoms with Gasteiger partial charge in [0.15, 0.2) is 0 Å². The van der Waals surface area contributed by atoms with Gasteiger partial charge in [-0.15, -0.1) is 0 Å². The molecule has 3 amide bonds. The summed E-state index contributed by atoms with van der Waals surface area (Å²) in [6.45, 7) is 0.129. The molecular weight excluding hydrogens is 498 g/mol. The van der Waals surface area contributed by atoms with Gasteiger partial charge in [0.2, 0.25) is 5.91 Å². The van der Waals surface area contributed by atoms with E-state index in [0.29, 0.717) is 14.8 Å². The molecule has 1 aliphatic heterocycles. The molecule has 1 saturated heterocycles. The zero-order chi connectivity index (χ0) is 22.2. The summed E-state index contributed by atoms with van der Waals surface area (Å²) >= 11 is 9.76. The number of hydrogen-bond donors (Lipinski definition) is 2. The van der Waals surface area contributed by atoms with Gasteiger partial charge >= 0.3 is 0 Å². The smallest absolute Gasteiger partial charge is 0.269 e. The highest BCUT2D eigenvalue weighted by molar-refractivity contribution is 9.10. The fourth-order valence-corrected chi connectivity index (χ4v) is 4.12. The van der Waals surface area contributed by atoms with E-state index in [4.69, 9.17) is 12.2 Å². The lowest BCUT2D eigenvalue weighted by Gasteiger charge is -2.14. The Bertz CT molecular complexity index is 1050. The number of hydrogen-bond acceptors (Lipinski definition) is 5. The van der Waals surface area contributed by atoms with Gasteiger partial charge in [-0.2, -0.15) is 0 Å². The second-order valence-corrected chi connectivity index (χ2v) is 8.98. The normalized spacial score (nSPS) is 15.0. The topological polar surface area (TPSA) is 78.5 Å². The number of thioether (sulfide) groups is 1. The zero-order valence-corrected chi connectivity index (χ0v) is 19.4. The van der Waals surface area contributed by atoms with Gasteiger partial charge in [-0.3, -0.25) is 30.1 Å². The summed E-state index contributed by atoms with van der Waals surface area (Å²) in [5.74, 6) is -1.09. The first-order valence-electron chi connectivity index (χ1n) is 9.26. The summed E-state index contributed by atoms with van der Waals surface area (Å²) < 4.78 is 1.25. The van der Waals surface area contributed by atoms with Gasteiger partial charge in [-0.1, -0.05) is 82.4 Å². The summed E-state index contributed by atoms with van der Waals surface area (Å²) in [7, 11) is 0. The predicted octanol–water partition coefficient (Wildman–Crippen LogP) is 4.06. The van der Waals surface area contributed by atoms with E-state index in [1.165, 1.54) is 16.7 Å². The van der Waals surface area contributed by atoms with Crippen LogP contribution < -0.4 is 10.9 Å². The highest BCUT2D eigenvalue weighted by Crippen LogP contribution is 2.31. The molecule has 0 unspecified atom stereocenters. The number of carbonyl (C=O) groups excluding carboxylic acids is 3. The summed E-state index contributed by atoms with van der Waals surface area (Å²) in [4.78, 5) is 38.5. The van der Waals surface area contributed by atoms with Crippen LogP contribution in [0.15, 0.2) is 76.1 Å². The van der Waals surface area contributed by atoms with Crippen LogP contribution in [0.2, 0.25) is 0 Å². The first-order chi connectivity index (χ1) is 14.9. The lowest BCUT2D eigenvalue weighted by atomic mass is 10.2. The number of thiocarbonyl (C=S) groups is 1. The molecule has 0 saturated carbocycles. The molecule has 0 aromatic heterocycles. The Balaban J connectivity index is 1.47. The van der Waals surface area contributed by atoms with Crippen molar-refractivity contribution in [3.63, 3.8) is 0 Å². The van der Waals surface area contributed by atoms with Crippen molar-refractivity contribution in [2.45, 2.75) is 6.42 Å². The molecule has 1 heterocycles. The van der Waals surface area contributed by atoms with Gasteiger partial charge in [0.25, 0.3) is 11.8 Å². The summed E-state index contributed by atoms with van der Waals surface area (Å²) in [6, 6.07) is 16.5. The van der Waals surface area contributed by atoms with Crippen molar-refractivity contribution in [2.24, 2.45) is 0 Å². The number of nitrogens with zero attached hydrogens (tertiary/aromatic N) is 1. The summed E-state index contributed by atoms with van der Waals surface area (Å²) in [5.41, 5.74) is 6.14. The van der Waals surface area contributed by atoms with Crippen LogP contribution in [0.1, 0.15) is 22.3 Å². The number of benzene rings is 2. The SMILES string of the molecule is O=C(CCN1C(=O)/C(=C/C=C/c2ccccc2)SC1=S)NNC(=O)c1ccc(Br)cc1. The Labute approximate surface area is 197 Å². The van der Waals surface area contributed by atoms with E-state index < -0.39 is 11.8 Å². The summed E-state index contributed by atoms with van der Waals surface area (Å²) in [6.07, 6.45) is 5.41. The molecule has 0 atom stereocenters. The van der Waals surface area contributed by atoms with Gasteiger partial charge in [-0.05, 0) is 35.9 Å². The van der Waals surface area contributed by atoms with Crippen LogP contribution >= 0.6 is 39.9 Å². The maximum Gasteiger partial charge on any atom is 0.269 e. The second kappa shape index (κ2) is 11.0. The molecule has 3 rings (SSSR count).